The topological polar surface area (TPSA) is 90.5 Å². The Morgan fingerprint density at radius 3 is 2.92 bits per heavy atom. The fourth-order valence-electron chi connectivity index (χ4n) is 2.65. The molecule has 2 N–H and O–H groups in total. The van der Waals surface area contributed by atoms with E-state index in [1.165, 1.54) is 18.2 Å². The van der Waals surface area contributed by atoms with Gasteiger partial charge in [0.15, 0.2) is 0 Å². The molecule has 0 saturated carbocycles. The Hall–Kier alpha value is -2.58. The van der Waals surface area contributed by atoms with Gasteiger partial charge in [-0.05, 0) is 36.5 Å². The first kappa shape index (κ1) is 17.8. The minimum absolute atomic E-state index is 0.000936. The van der Waals surface area contributed by atoms with Crippen LogP contribution in [0.25, 0.3) is 0 Å². The Labute approximate surface area is 141 Å². The molecule has 0 fully saturated rings. The number of carbonyl (C=O) groups excluding carboxylic acids is 1. The van der Waals surface area contributed by atoms with Gasteiger partial charge in [0.25, 0.3) is 0 Å². The minimum atomic E-state index is -0.731. The number of phenols is 1. The number of nitrogens with zero attached hydrogens (tertiary/aromatic N) is 1. The Morgan fingerprint density at radius 2 is 2.17 bits per heavy atom. The molecule has 2 rings (SSSR count). The summed E-state index contributed by atoms with van der Waals surface area (Å²) in [4.78, 5) is 12.5. The molecule has 0 bridgehead atoms. The van der Waals surface area contributed by atoms with E-state index in [0.717, 1.165) is 0 Å². The van der Waals surface area contributed by atoms with E-state index in [1.54, 1.807) is 12.1 Å². The summed E-state index contributed by atoms with van der Waals surface area (Å²) in [6.45, 7) is 1.92. The Morgan fingerprint density at radius 1 is 1.38 bits per heavy atom. The van der Waals surface area contributed by atoms with Gasteiger partial charge in [-0.3, -0.25) is 0 Å². The minimum Gasteiger partial charge on any atom is -0.507 e. The largest absolute Gasteiger partial charge is 0.507 e. The van der Waals surface area contributed by atoms with Crippen LogP contribution in [-0.4, -0.2) is 28.4 Å². The summed E-state index contributed by atoms with van der Waals surface area (Å²) in [7, 11) is 0. The van der Waals surface area contributed by atoms with Gasteiger partial charge in [-0.2, -0.15) is 5.26 Å². The highest BCUT2D eigenvalue weighted by molar-refractivity contribution is 5.94. The second kappa shape index (κ2) is 8.32. The first-order valence-electron chi connectivity index (χ1n) is 7.94. The molecule has 126 valence electrons. The van der Waals surface area contributed by atoms with Crippen molar-refractivity contribution in [3.05, 3.63) is 53.6 Å². The molecule has 24 heavy (non-hydrogen) atoms. The zero-order valence-corrected chi connectivity index (χ0v) is 13.6. The number of ether oxygens (including phenoxy) is 1. The van der Waals surface area contributed by atoms with Gasteiger partial charge >= 0.3 is 5.97 Å². The molecule has 1 aliphatic heterocycles. The van der Waals surface area contributed by atoms with Crippen LogP contribution in [0.5, 0.6) is 5.75 Å². The first-order chi connectivity index (χ1) is 11.5. The van der Waals surface area contributed by atoms with E-state index in [-0.39, 0.29) is 23.7 Å². The third-order valence-corrected chi connectivity index (χ3v) is 4.12. The van der Waals surface area contributed by atoms with Crippen molar-refractivity contribution in [3.63, 3.8) is 0 Å². The van der Waals surface area contributed by atoms with Gasteiger partial charge in [-0.1, -0.05) is 31.2 Å². The summed E-state index contributed by atoms with van der Waals surface area (Å²) in [6.07, 6.45) is 6.55. The molecule has 1 aromatic carbocycles. The van der Waals surface area contributed by atoms with Gasteiger partial charge in [0.05, 0.1) is 12.2 Å². The lowest BCUT2D eigenvalue weighted by Crippen LogP contribution is -2.27. The predicted octanol–water partition coefficient (Wildman–Crippen LogP) is 2.89. The maximum atomic E-state index is 12.5. The summed E-state index contributed by atoms with van der Waals surface area (Å²) in [6, 6.07) is 6.75. The van der Waals surface area contributed by atoms with Gasteiger partial charge in [0.1, 0.15) is 17.4 Å². The smallest absolute Gasteiger partial charge is 0.342 e. The highest BCUT2D eigenvalue weighted by Crippen LogP contribution is 2.25. The number of esters is 1. The quantitative estimate of drug-likeness (QED) is 0.470. The Kier molecular flexibility index (Phi) is 6.16. The molecule has 5 nitrogen and oxygen atoms in total. The third kappa shape index (κ3) is 4.46. The summed E-state index contributed by atoms with van der Waals surface area (Å²) >= 11 is 0. The first-order valence-corrected chi connectivity index (χ1v) is 7.94. The van der Waals surface area contributed by atoms with Crippen molar-refractivity contribution in [1.82, 2.24) is 0 Å². The van der Waals surface area contributed by atoms with Crippen molar-refractivity contribution in [2.45, 2.75) is 38.4 Å². The van der Waals surface area contributed by atoms with Gasteiger partial charge in [0, 0.05) is 12.5 Å². The lowest BCUT2D eigenvalue weighted by atomic mass is 9.94. The molecule has 0 aliphatic carbocycles. The van der Waals surface area contributed by atoms with Crippen LogP contribution in [0, 0.1) is 17.2 Å². The summed E-state index contributed by atoms with van der Waals surface area (Å²) in [5, 5.41) is 29.0. The van der Waals surface area contributed by atoms with Crippen molar-refractivity contribution >= 4 is 5.97 Å². The van der Waals surface area contributed by atoms with Crippen LogP contribution in [0.1, 0.15) is 35.7 Å². The van der Waals surface area contributed by atoms with Gasteiger partial charge in [-0.15, -0.1) is 0 Å². The number of fused-ring (bicyclic) bond motifs is 1. The van der Waals surface area contributed by atoms with Crippen LogP contribution < -0.4 is 0 Å². The number of cyclic esters (lactones) is 1. The highest BCUT2D eigenvalue weighted by atomic mass is 16.5. The second-order valence-electron chi connectivity index (χ2n) is 5.93. The van der Waals surface area contributed by atoms with E-state index in [9.17, 15) is 15.0 Å². The lowest BCUT2D eigenvalue weighted by molar-refractivity contribution is 0.0191. The van der Waals surface area contributed by atoms with Crippen LogP contribution in [0.4, 0.5) is 0 Å². The van der Waals surface area contributed by atoms with Crippen LogP contribution in [0.2, 0.25) is 0 Å². The maximum absolute atomic E-state index is 12.5. The Balaban J connectivity index is 2.39. The predicted molar refractivity (Wildman–Crippen MR) is 89.3 cm³/mol. The standard InChI is InChI=1S/C19H21NO4/c1-13-6-2-3-7-14-8-4-10-16(21)18(14)19(23)24-15(9-5-11-20)12-17(13)22/h2-5,8-10,13,15,17,21-22H,6-7,12H2,1H3/b3-2+,9-5+/t13-,15-,17+/m1/s1. The van der Waals surface area contributed by atoms with Gasteiger partial charge in [0.2, 0.25) is 0 Å². The number of allylic oxidation sites excluding steroid dienone is 3. The zero-order valence-electron chi connectivity index (χ0n) is 13.6. The van der Waals surface area contributed by atoms with Crippen molar-refractivity contribution in [1.29, 1.82) is 5.26 Å². The van der Waals surface area contributed by atoms with Gasteiger partial charge in [-0.25, -0.2) is 4.79 Å². The van der Waals surface area contributed by atoms with E-state index in [4.69, 9.17) is 10.00 Å². The van der Waals surface area contributed by atoms with E-state index in [1.807, 2.05) is 25.1 Å². The Bertz CT molecular complexity index is 687. The number of hydrogen-bond donors (Lipinski definition) is 2. The summed E-state index contributed by atoms with van der Waals surface area (Å²) in [5.74, 6) is -0.801. The molecule has 0 spiro atoms. The molecular weight excluding hydrogens is 306 g/mol. The van der Waals surface area contributed by atoms with Crippen molar-refractivity contribution in [2.24, 2.45) is 5.92 Å². The normalized spacial score (nSPS) is 26.5. The molecule has 0 saturated heterocycles. The molecule has 1 heterocycles. The second-order valence-corrected chi connectivity index (χ2v) is 5.93. The van der Waals surface area contributed by atoms with Crippen molar-refractivity contribution in [3.8, 4) is 11.8 Å². The number of rotatable bonds is 1. The fraction of sp³-hybridized carbons (Fsp3) is 0.368. The van der Waals surface area contributed by atoms with E-state index in [2.05, 4.69) is 0 Å². The number of carbonyl (C=O) groups is 1. The monoisotopic (exact) mass is 327 g/mol. The van der Waals surface area contributed by atoms with Crippen LogP contribution in [-0.2, 0) is 11.2 Å². The molecule has 0 unspecified atom stereocenters. The number of benzene rings is 1. The number of nitriles is 1. The number of phenolic OH excluding ortho intramolecular Hbond substituents is 1. The highest BCUT2D eigenvalue weighted by Gasteiger charge is 2.24. The van der Waals surface area contributed by atoms with Gasteiger partial charge < -0.3 is 14.9 Å². The zero-order chi connectivity index (χ0) is 17.5. The number of hydrogen-bond acceptors (Lipinski definition) is 5. The van der Waals surface area contributed by atoms with Crippen molar-refractivity contribution < 1.29 is 19.7 Å². The molecule has 0 amide bonds. The number of aliphatic hydroxyl groups is 1. The number of aliphatic hydroxyl groups excluding tert-OH is 1. The molecule has 0 radical (unpaired) electrons. The molecule has 3 atom stereocenters. The molecule has 5 heteroatoms. The fourth-order valence-corrected chi connectivity index (χ4v) is 2.65. The maximum Gasteiger partial charge on any atom is 0.342 e. The van der Waals surface area contributed by atoms with E-state index in [0.29, 0.717) is 18.4 Å². The molecule has 0 aromatic heterocycles. The average Bonchev–Trinajstić information content (AvgIpc) is 2.55. The SMILES string of the molecule is C[C@@H]1C/C=C/Cc2cccc(O)c2C(=O)O[C@H](/C=C/C#N)C[C@@H]1O. The van der Waals surface area contributed by atoms with Crippen LogP contribution >= 0.6 is 0 Å². The molecular formula is C19H21NO4. The number of aromatic hydroxyl groups is 1. The molecule has 1 aromatic rings. The van der Waals surface area contributed by atoms with Crippen LogP contribution in [0.3, 0.4) is 0 Å². The lowest BCUT2D eigenvalue weighted by Gasteiger charge is -2.23. The average molecular weight is 327 g/mol. The van der Waals surface area contributed by atoms with E-state index >= 15 is 0 Å². The summed E-state index contributed by atoms with van der Waals surface area (Å²) in [5.41, 5.74) is 0.800. The third-order valence-electron chi connectivity index (χ3n) is 4.12. The van der Waals surface area contributed by atoms with Crippen LogP contribution in [0.15, 0.2) is 42.5 Å². The van der Waals surface area contributed by atoms with Crippen molar-refractivity contribution in [2.75, 3.05) is 0 Å². The summed E-state index contributed by atoms with van der Waals surface area (Å²) < 4.78 is 5.43. The molecule has 1 aliphatic rings. The van der Waals surface area contributed by atoms with E-state index < -0.39 is 18.2 Å².